The van der Waals surface area contributed by atoms with Crippen LogP contribution in [-0.4, -0.2) is 25.9 Å². The van der Waals surface area contributed by atoms with Crippen LogP contribution in [0.2, 0.25) is 0 Å². The minimum atomic E-state index is -0.824. The lowest BCUT2D eigenvalue weighted by molar-refractivity contribution is 0.0575. The topological polar surface area (TPSA) is 69.0 Å². The predicted molar refractivity (Wildman–Crippen MR) is 132 cm³/mol. The molecule has 4 aromatic rings. The molecule has 1 atom stereocenters. The fourth-order valence-corrected chi connectivity index (χ4v) is 5.34. The molecule has 0 saturated heterocycles. The number of para-hydroxylation sites is 1. The third-order valence-corrected chi connectivity index (χ3v) is 7.31. The van der Waals surface area contributed by atoms with Crippen molar-refractivity contribution in [3.05, 3.63) is 87.6 Å². The summed E-state index contributed by atoms with van der Waals surface area (Å²) in [6, 6.07) is 16.5. The molecule has 1 aromatic heterocycles. The number of ether oxygens (including phenoxy) is 2. The van der Waals surface area contributed by atoms with Crippen LogP contribution in [0.25, 0.3) is 28.0 Å². The van der Waals surface area contributed by atoms with Gasteiger partial charge in [-0.05, 0) is 68.0 Å². The molecule has 1 spiro atoms. The van der Waals surface area contributed by atoms with Crippen molar-refractivity contribution in [2.75, 3.05) is 19.1 Å². The van der Waals surface area contributed by atoms with E-state index >= 15 is 0 Å². The lowest BCUT2D eigenvalue weighted by atomic mass is 9.76. The molecule has 2 aliphatic rings. The van der Waals surface area contributed by atoms with E-state index < -0.39 is 17.1 Å². The Kier molecular flexibility index (Phi) is 4.07. The molecule has 0 N–H and O–H groups in total. The first-order chi connectivity index (χ1) is 16.3. The summed E-state index contributed by atoms with van der Waals surface area (Å²) >= 11 is 0. The molecule has 0 aliphatic carbocycles. The molecule has 0 saturated carbocycles. The standard InChI is InChI=1S/C28H23NO5/c1-27(2)20-14-19-24(33-23-8-6-5-7-18(23)25(19)30)15-21(20)29(3)28(27)12-11-16-13-17(26(31)32-4)9-10-22(16)34-28/h5-15H,1-4H3. The SMILES string of the molecule is COC(=O)c1ccc2c(c1)C=CC1(O2)N(C)c2cc3oc4ccccc4c(=O)c3cc2C1(C)C. The fourth-order valence-electron chi connectivity index (χ4n) is 5.34. The third kappa shape index (κ3) is 2.51. The van der Waals surface area contributed by atoms with Crippen molar-refractivity contribution in [3.8, 4) is 5.75 Å². The maximum absolute atomic E-state index is 13.3. The van der Waals surface area contributed by atoms with Crippen molar-refractivity contribution in [1.29, 1.82) is 0 Å². The Balaban J connectivity index is 1.52. The van der Waals surface area contributed by atoms with Crippen LogP contribution in [0.15, 0.2) is 69.9 Å². The second kappa shape index (κ2) is 6.73. The Morgan fingerprint density at radius 3 is 2.59 bits per heavy atom. The summed E-state index contributed by atoms with van der Waals surface area (Å²) in [4.78, 5) is 27.3. The van der Waals surface area contributed by atoms with Crippen LogP contribution in [0.4, 0.5) is 5.69 Å². The number of hydrogen-bond donors (Lipinski definition) is 0. The van der Waals surface area contributed by atoms with Gasteiger partial charge in [0.1, 0.15) is 16.9 Å². The molecule has 3 aromatic carbocycles. The summed E-state index contributed by atoms with van der Waals surface area (Å²) in [7, 11) is 3.35. The van der Waals surface area contributed by atoms with Crippen molar-refractivity contribution < 1.29 is 18.7 Å². The second-order valence-electron chi connectivity index (χ2n) is 9.35. The highest BCUT2D eigenvalue weighted by atomic mass is 16.5. The summed E-state index contributed by atoms with van der Waals surface area (Å²) in [5.41, 5.74) is 2.97. The summed E-state index contributed by atoms with van der Waals surface area (Å²) in [5, 5.41) is 1.12. The molecule has 2 aliphatic heterocycles. The number of hydrogen-bond acceptors (Lipinski definition) is 6. The average molecular weight is 453 g/mol. The number of anilines is 1. The molecule has 6 heteroatoms. The molecule has 0 amide bonds. The zero-order valence-corrected chi connectivity index (χ0v) is 19.3. The number of rotatable bonds is 1. The van der Waals surface area contributed by atoms with Gasteiger partial charge in [-0.3, -0.25) is 4.79 Å². The normalized spacial score (nSPS) is 19.8. The molecule has 34 heavy (non-hydrogen) atoms. The minimum absolute atomic E-state index is 0.0418. The minimum Gasteiger partial charge on any atom is -0.465 e. The van der Waals surface area contributed by atoms with Crippen LogP contribution >= 0.6 is 0 Å². The Bertz CT molecular complexity index is 1610. The number of carbonyl (C=O) groups excluding carboxylic acids is 1. The van der Waals surface area contributed by atoms with E-state index in [1.165, 1.54) is 7.11 Å². The van der Waals surface area contributed by atoms with E-state index in [1.54, 1.807) is 24.3 Å². The van der Waals surface area contributed by atoms with Crippen LogP contribution < -0.4 is 15.1 Å². The quantitative estimate of drug-likeness (QED) is 0.289. The Labute approximate surface area is 196 Å². The van der Waals surface area contributed by atoms with Crippen LogP contribution in [0.3, 0.4) is 0 Å². The largest absolute Gasteiger partial charge is 0.465 e. The van der Waals surface area contributed by atoms with Gasteiger partial charge < -0.3 is 18.8 Å². The number of carbonyl (C=O) groups is 1. The predicted octanol–water partition coefficient (Wildman–Crippen LogP) is 5.26. The molecule has 0 radical (unpaired) electrons. The summed E-state index contributed by atoms with van der Waals surface area (Å²) in [5.74, 6) is 0.283. The second-order valence-corrected chi connectivity index (χ2v) is 9.35. The first-order valence-electron chi connectivity index (χ1n) is 11.1. The molecule has 170 valence electrons. The average Bonchev–Trinajstić information content (AvgIpc) is 3.00. The van der Waals surface area contributed by atoms with Crippen LogP contribution in [0.5, 0.6) is 5.75 Å². The maximum Gasteiger partial charge on any atom is 0.337 e. The smallest absolute Gasteiger partial charge is 0.337 e. The van der Waals surface area contributed by atoms with E-state index in [0.29, 0.717) is 33.3 Å². The number of likely N-dealkylation sites (N-methyl/N-ethyl adjacent to an activating group) is 1. The van der Waals surface area contributed by atoms with E-state index in [2.05, 4.69) is 18.7 Å². The third-order valence-electron chi connectivity index (χ3n) is 7.31. The Hall–Kier alpha value is -4.06. The summed E-state index contributed by atoms with van der Waals surface area (Å²) < 4.78 is 17.6. The first kappa shape index (κ1) is 20.5. The highest BCUT2D eigenvalue weighted by Crippen LogP contribution is 2.55. The van der Waals surface area contributed by atoms with Gasteiger partial charge in [0.15, 0.2) is 0 Å². The monoisotopic (exact) mass is 453 g/mol. The summed E-state index contributed by atoms with van der Waals surface area (Å²) in [6.45, 7) is 4.23. The number of nitrogens with zero attached hydrogens (tertiary/aromatic N) is 1. The van der Waals surface area contributed by atoms with Gasteiger partial charge in [0.05, 0.1) is 28.9 Å². The van der Waals surface area contributed by atoms with Gasteiger partial charge >= 0.3 is 5.97 Å². The van der Waals surface area contributed by atoms with Gasteiger partial charge in [0.25, 0.3) is 0 Å². The van der Waals surface area contributed by atoms with Gasteiger partial charge in [-0.1, -0.05) is 12.1 Å². The molecule has 6 rings (SSSR count). The molecular formula is C28H23NO5. The number of esters is 1. The van der Waals surface area contributed by atoms with Crippen molar-refractivity contribution in [1.82, 2.24) is 0 Å². The highest BCUT2D eigenvalue weighted by molar-refractivity contribution is 5.94. The summed E-state index contributed by atoms with van der Waals surface area (Å²) in [6.07, 6.45) is 4.00. The maximum atomic E-state index is 13.3. The molecule has 0 fully saturated rings. The van der Waals surface area contributed by atoms with Gasteiger partial charge in [-0.2, -0.15) is 0 Å². The van der Waals surface area contributed by atoms with Gasteiger partial charge in [0.2, 0.25) is 11.2 Å². The van der Waals surface area contributed by atoms with Gasteiger partial charge in [-0.25, -0.2) is 4.79 Å². The lowest BCUT2D eigenvalue weighted by Crippen LogP contribution is -2.58. The highest BCUT2D eigenvalue weighted by Gasteiger charge is 2.58. The lowest BCUT2D eigenvalue weighted by Gasteiger charge is -2.45. The van der Waals surface area contributed by atoms with Gasteiger partial charge in [0, 0.05) is 24.4 Å². The first-order valence-corrected chi connectivity index (χ1v) is 11.1. The van der Waals surface area contributed by atoms with Crippen molar-refractivity contribution >= 4 is 39.7 Å². The molecule has 6 nitrogen and oxygen atoms in total. The number of fused-ring (bicyclic) bond motifs is 4. The zero-order valence-electron chi connectivity index (χ0n) is 19.3. The van der Waals surface area contributed by atoms with Crippen LogP contribution in [0, 0.1) is 0 Å². The van der Waals surface area contributed by atoms with Gasteiger partial charge in [-0.15, -0.1) is 0 Å². The number of methoxy groups -OCH3 is 1. The van der Waals surface area contributed by atoms with Crippen molar-refractivity contribution in [2.24, 2.45) is 0 Å². The molecule has 0 bridgehead atoms. The van der Waals surface area contributed by atoms with E-state index in [9.17, 15) is 9.59 Å². The van der Waals surface area contributed by atoms with E-state index in [4.69, 9.17) is 13.9 Å². The Morgan fingerprint density at radius 2 is 1.79 bits per heavy atom. The van der Waals surface area contributed by atoms with E-state index in [0.717, 1.165) is 16.8 Å². The van der Waals surface area contributed by atoms with Crippen molar-refractivity contribution in [3.63, 3.8) is 0 Å². The number of benzene rings is 3. The molecule has 3 heterocycles. The van der Waals surface area contributed by atoms with Crippen LogP contribution in [0.1, 0.15) is 35.3 Å². The molecular weight excluding hydrogens is 430 g/mol. The van der Waals surface area contributed by atoms with E-state index in [1.807, 2.05) is 49.5 Å². The Morgan fingerprint density at radius 1 is 1.00 bits per heavy atom. The van der Waals surface area contributed by atoms with Crippen LogP contribution in [-0.2, 0) is 10.2 Å². The van der Waals surface area contributed by atoms with E-state index in [-0.39, 0.29) is 5.43 Å². The fraction of sp³-hybridized carbons (Fsp3) is 0.214. The molecule has 1 unspecified atom stereocenters. The zero-order chi connectivity index (χ0) is 23.8. The van der Waals surface area contributed by atoms with Crippen molar-refractivity contribution in [2.45, 2.75) is 25.0 Å².